The van der Waals surface area contributed by atoms with Crippen LogP contribution >= 0.6 is 11.6 Å². The Morgan fingerprint density at radius 2 is 2.00 bits per heavy atom. The first-order valence-corrected chi connectivity index (χ1v) is 9.64. The molecule has 0 atom stereocenters. The highest BCUT2D eigenvalue weighted by molar-refractivity contribution is 6.30. The van der Waals surface area contributed by atoms with Gasteiger partial charge in [0.2, 0.25) is 5.96 Å². The highest BCUT2D eigenvalue weighted by Crippen LogP contribution is 2.21. The minimum absolute atomic E-state index is 0.295. The van der Waals surface area contributed by atoms with Gasteiger partial charge in [0.15, 0.2) is 5.82 Å². The number of halogens is 1. The standard InChI is InChI=1S/C20H24ClN7O/c1-12(2)11-22-20(24-19(29)17-9-13(3)27-28(17)4)23-18-10-16(25-26-18)14-5-7-15(21)8-6-14/h5-10,12H,11H2,1-4H3,(H3,22,23,24,25,26,29). The number of H-pyrrole nitrogens is 1. The number of hydrogen-bond donors (Lipinski definition) is 3. The fourth-order valence-electron chi connectivity index (χ4n) is 2.66. The van der Waals surface area contributed by atoms with Crippen LogP contribution in [0, 0.1) is 12.8 Å². The summed E-state index contributed by atoms with van der Waals surface area (Å²) in [6, 6.07) is 11.0. The van der Waals surface area contributed by atoms with E-state index in [4.69, 9.17) is 11.6 Å². The molecule has 0 bridgehead atoms. The molecule has 0 aliphatic heterocycles. The maximum Gasteiger partial charge on any atom is 0.276 e. The summed E-state index contributed by atoms with van der Waals surface area (Å²) in [5, 5.41) is 18.0. The van der Waals surface area contributed by atoms with Gasteiger partial charge in [0.1, 0.15) is 5.69 Å². The van der Waals surface area contributed by atoms with E-state index >= 15 is 0 Å². The van der Waals surface area contributed by atoms with E-state index < -0.39 is 0 Å². The van der Waals surface area contributed by atoms with Crippen LogP contribution in [0.4, 0.5) is 5.82 Å². The number of aryl methyl sites for hydroxylation is 2. The van der Waals surface area contributed by atoms with Crippen molar-refractivity contribution in [3.8, 4) is 11.3 Å². The lowest BCUT2D eigenvalue weighted by molar-refractivity contribution is 0.0967. The topological polar surface area (TPSA) is 100.0 Å². The normalized spacial score (nSPS) is 11.7. The van der Waals surface area contributed by atoms with Gasteiger partial charge in [0.05, 0.1) is 11.4 Å². The highest BCUT2D eigenvalue weighted by Gasteiger charge is 2.15. The molecule has 3 rings (SSSR count). The number of nitrogens with one attached hydrogen (secondary N) is 3. The lowest BCUT2D eigenvalue weighted by atomic mass is 10.1. The predicted molar refractivity (Wildman–Crippen MR) is 115 cm³/mol. The smallest absolute Gasteiger partial charge is 0.276 e. The van der Waals surface area contributed by atoms with Gasteiger partial charge in [-0.15, -0.1) is 0 Å². The van der Waals surface area contributed by atoms with E-state index in [1.807, 2.05) is 37.3 Å². The molecule has 3 aromatic rings. The number of anilines is 1. The molecule has 8 nitrogen and oxygen atoms in total. The zero-order chi connectivity index (χ0) is 21.0. The maximum atomic E-state index is 12.6. The molecule has 0 radical (unpaired) electrons. The van der Waals surface area contributed by atoms with Gasteiger partial charge in [-0.3, -0.25) is 24.9 Å². The van der Waals surface area contributed by atoms with Crippen LogP contribution in [-0.2, 0) is 7.05 Å². The molecule has 0 aliphatic carbocycles. The maximum absolute atomic E-state index is 12.6. The van der Waals surface area contributed by atoms with Crippen molar-refractivity contribution in [3.63, 3.8) is 0 Å². The summed E-state index contributed by atoms with van der Waals surface area (Å²) >= 11 is 5.94. The van der Waals surface area contributed by atoms with Crippen LogP contribution in [0.1, 0.15) is 30.0 Å². The molecule has 0 aliphatic rings. The third kappa shape index (κ3) is 5.45. The Balaban J connectivity index is 1.77. The lowest BCUT2D eigenvalue weighted by Gasteiger charge is -2.10. The number of guanidine groups is 1. The molecule has 1 amide bonds. The Kier molecular flexibility index (Phi) is 6.33. The van der Waals surface area contributed by atoms with Crippen LogP contribution in [0.25, 0.3) is 11.3 Å². The lowest BCUT2D eigenvalue weighted by Crippen LogP contribution is -2.37. The summed E-state index contributed by atoms with van der Waals surface area (Å²) < 4.78 is 1.54. The average Bonchev–Trinajstić information content (AvgIpc) is 3.26. The Morgan fingerprint density at radius 1 is 1.28 bits per heavy atom. The van der Waals surface area contributed by atoms with Crippen molar-refractivity contribution in [1.29, 1.82) is 0 Å². The summed E-state index contributed by atoms with van der Waals surface area (Å²) in [7, 11) is 1.73. The molecule has 9 heteroatoms. The summed E-state index contributed by atoms with van der Waals surface area (Å²) in [6.07, 6.45) is 0. The minimum Gasteiger partial charge on any atom is -0.309 e. The number of aliphatic imine (C=N–C) groups is 1. The summed E-state index contributed by atoms with van der Waals surface area (Å²) in [5.41, 5.74) is 2.99. The van der Waals surface area contributed by atoms with Crippen molar-refractivity contribution in [2.75, 3.05) is 11.9 Å². The average molecular weight is 414 g/mol. The Bertz CT molecular complexity index is 1020. The second-order valence-corrected chi connectivity index (χ2v) is 7.57. The SMILES string of the molecule is Cc1cc(C(=O)NC(=NCC(C)C)Nc2cc(-c3ccc(Cl)cc3)[nH]n2)n(C)n1. The largest absolute Gasteiger partial charge is 0.309 e. The number of nitrogens with zero attached hydrogens (tertiary/aromatic N) is 4. The first kappa shape index (κ1) is 20.6. The first-order chi connectivity index (χ1) is 13.8. The molecule has 2 heterocycles. The van der Waals surface area contributed by atoms with Gasteiger partial charge >= 0.3 is 0 Å². The highest BCUT2D eigenvalue weighted by atomic mass is 35.5. The predicted octanol–water partition coefficient (Wildman–Crippen LogP) is 3.63. The van der Waals surface area contributed by atoms with Crippen molar-refractivity contribution in [2.45, 2.75) is 20.8 Å². The fraction of sp³-hybridized carbons (Fsp3) is 0.300. The van der Waals surface area contributed by atoms with Crippen LogP contribution in [0.15, 0.2) is 41.4 Å². The van der Waals surface area contributed by atoms with Crippen LogP contribution in [0.5, 0.6) is 0 Å². The molecular formula is C20H24ClN7O. The van der Waals surface area contributed by atoms with E-state index in [0.29, 0.717) is 35.0 Å². The minimum atomic E-state index is -0.295. The molecule has 0 saturated carbocycles. The number of aromatic nitrogens is 4. The number of amides is 1. The number of carbonyl (C=O) groups excluding carboxylic acids is 1. The summed E-state index contributed by atoms with van der Waals surface area (Å²) in [6.45, 7) is 6.51. The summed E-state index contributed by atoms with van der Waals surface area (Å²) in [4.78, 5) is 17.1. The number of carbonyl (C=O) groups is 1. The Labute approximate surface area is 174 Å². The third-order valence-corrected chi connectivity index (χ3v) is 4.31. The molecule has 2 aromatic heterocycles. The second-order valence-electron chi connectivity index (χ2n) is 7.13. The van der Waals surface area contributed by atoms with E-state index in [1.165, 1.54) is 4.68 Å². The second kappa shape index (κ2) is 8.91. The van der Waals surface area contributed by atoms with Crippen molar-refractivity contribution in [1.82, 2.24) is 25.3 Å². The zero-order valence-electron chi connectivity index (χ0n) is 16.8. The summed E-state index contributed by atoms with van der Waals surface area (Å²) in [5.74, 6) is 0.915. The van der Waals surface area contributed by atoms with E-state index in [9.17, 15) is 4.79 Å². The van der Waals surface area contributed by atoms with Crippen molar-refractivity contribution >= 4 is 29.3 Å². The van der Waals surface area contributed by atoms with E-state index in [1.54, 1.807) is 13.1 Å². The number of rotatable bonds is 5. The Hall–Kier alpha value is -3.13. The van der Waals surface area contributed by atoms with Gasteiger partial charge < -0.3 is 5.32 Å². The van der Waals surface area contributed by atoms with Crippen LogP contribution in [0.3, 0.4) is 0 Å². The van der Waals surface area contributed by atoms with E-state index in [0.717, 1.165) is 17.0 Å². The van der Waals surface area contributed by atoms with Crippen molar-refractivity contribution in [2.24, 2.45) is 18.0 Å². The molecule has 0 fully saturated rings. The number of hydrogen-bond acceptors (Lipinski definition) is 4. The number of aromatic amines is 1. The van der Waals surface area contributed by atoms with Gasteiger partial charge in [-0.05, 0) is 36.6 Å². The van der Waals surface area contributed by atoms with Gasteiger partial charge in [-0.1, -0.05) is 37.6 Å². The molecular weight excluding hydrogens is 390 g/mol. The zero-order valence-corrected chi connectivity index (χ0v) is 17.6. The third-order valence-electron chi connectivity index (χ3n) is 4.06. The molecule has 152 valence electrons. The molecule has 0 saturated heterocycles. The molecule has 0 unspecified atom stereocenters. The quantitative estimate of drug-likeness (QED) is 0.439. The van der Waals surface area contributed by atoms with Crippen LogP contribution in [0.2, 0.25) is 5.02 Å². The van der Waals surface area contributed by atoms with Crippen molar-refractivity contribution in [3.05, 3.63) is 52.8 Å². The molecule has 0 spiro atoms. The van der Waals surface area contributed by atoms with Gasteiger partial charge in [-0.25, -0.2) is 0 Å². The van der Waals surface area contributed by atoms with Crippen molar-refractivity contribution < 1.29 is 4.79 Å². The molecule has 29 heavy (non-hydrogen) atoms. The van der Waals surface area contributed by atoms with Gasteiger partial charge in [0.25, 0.3) is 5.91 Å². The van der Waals surface area contributed by atoms with Gasteiger partial charge in [0, 0.05) is 24.7 Å². The fourth-order valence-corrected chi connectivity index (χ4v) is 2.79. The number of benzene rings is 1. The molecule has 3 N–H and O–H groups in total. The first-order valence-electron chi connectivity index (χ1n) is 9.26. The molecule has 1 aromatic carbocycles. The van der Waals surface area contributed by atoms with Crippen LogP contribution < -0.4 is 10.6 Å². The van der Waals surface area contributed by atoms with Crippen LogP contribution in [-0.4, -0.2) is 38.4 Å². The van der Waals surface area contributed by atoms with E-state index in [2.05, 4.69) is 44.8 Å². The monoisotopic (exact) mass is 413 g/mol. The van der Waals surface area contributed by atoms with E-state index in [-0.39, 0.29) is 5.91 Å². The van der Waals surface area contributed by atoms with Gasteiger partial charge in [-0.2, -0.15) is 10.2 Å². The Morgan fingerprint density at radius 3 is 2.62 bits per heavy atom.